The van der Waals surface area contributed by atoms with Gasteiger partial charge in [-0.3, -0.25) is 9.36 Å². The van der Waals surface area contributed by atoms with Crippen molar-refractivity contribution in [3.63, 3.8) is 0 Å². The number of hydrogen-bond acceptors (Lipinski definition) is 6. The third kappa shape index (κ3) is 54.0. The van der Waals surface area contributed by atoms with Gasteiger partial charge in [-0.15, -0.1) is 0 Å². The third-order valence-corrected chi connectivity index (χ3v) is 14.2. The zero-order chi connectivity index (χ0) is 51.3. The summed E-state index contributed by atoms with van der Waals surface area (Å²) >= 11 is 0. The summed E-state index contributed by atoms with van der Waals surface area (Å²) in [6, 6.07) is -0.902. The minimum atomic E-state index is -4.60. The molecule has 1 amide bonds. The molecule has 0 aromatic carbocycles. The van der Waals surface area contributed by atoms with E-state index >= 15 is 0 Å². The van der Waals surface area contributed by atoms with Gasteiger partial charge < -0.3 is 28.8 Å². The molecule has 0 aromatic rings. The molecule has 410 valence electrons. The highest BCUT2D eigenvalue weighted by atomic mass is 31.2. The molecular weight excluding hydrogens is 888 g/mol. The second kappa shape index (κ2) is 52.1. The lowest BCUT2D eigenvalue weighted by atomic mass is 10.0. The highest BCUT2D eigenvalue weighted by molar-refractivity contribution is 7.45. The van der Waals surface area contributed by atoms with Gasteiger partial charge in [-0.2, -0.15) is 0 Å². The Morgan fingerprint density at radius 1 is 0.500 bits per heavy atom. The van der Waals surface area contributed by atoms with Crippen LogP contribution in [0.25, 0.3) is 0 Å². The van der Waals surface area contributed by atoms with Gasteiger partial charge in [0.05, 0.1) is 39.9 Å². The molecule has 0 bridgehead atoms. The molecule has 0 aliphatic carbocycles. The summed E-state index contributed by atoms with van der Waals surface area (Å²) in [7, 11) is 1.25. The van der Waals surface area contributed by atoms with Crippen molar-refractivity contribution in [3.05, 3.63) is 60.8 Å². The van der Waals surface area contributed by atoms with Crippen molar-refractivity contribution >= 4 is 13.7 Å². The second-order valence-corrected chi connectivity index (χ2v) is 22.8. The molecular formula is C61H115N2O6P. The Kier molecular flexibility index (Phi) is 50.7. The number of aliphatic hydroxyl groups excluding tert-OH is 1. The minimum Gasteiger partial charge on any atom is -0.756 e. The first-order valence-corrected chi connectivity index (χ1v) is 31.1. The molecule has 0 radical (unpaired) electrons. The van der Waals surface area contributed by atoms with Crippen molar-refractivity contribution < 1.29 is 32.9 Å². The highest BCUT2D eigenvalue weighted by Gasteiger charge is 2.23. The highest BCUT2D eigenvalue weighted by Crippen LogP contribution is 2.38. The van der Waals surface area contributed by atoms with Crippen LogP contribution in [0.2, 0.25) is 0 Å². The van der Waals surface area contributed by atoms with Crippen LogP contribution in [0.1, 0.15) is 271 Å². The van der Waals surface area contributed by atoms with Gasteiger partial charge in [0.2, 0.25) is 5.91 Å². The fourth-order valence-corrected chi connectivity index (χ4v) is 9.25. The van der Waals surface area contributed by atoms with Crippen molar-refractivity contribution in [2.24, 2.45) is 0 Å². The largest absolute Gasteiger partial charge is 0.756 e. The summed E-state index contributed by atoms with van der Waals surface area (Å²) in [5.41, 5.74) is 0. The summed E-state index contributed by atoms with van der Waals surface area (Å²) in [5.74, 6) is -0.206. The number of phosphoric ester groups is 1. The number of unbranched alkanes of at least 4 members (excludes halogenated alkanes) is 33. The first-order chi connectivity index (χ1) is 34.0. The van der Waals surface area contributed by atoms with E-state index < -0.39 is 26.6 Å². The number of rotatable bonds is 54. The van der Waals surface area contributed by atoms with Crippen LogP contribution in [0.3, 0.4) is 0 Å². The summed E-state index contributed by atoms with van der Waals surface area (Å²) < 4.78 is 23.2. The van der Waals surface area contributed by atoms with Crippen molar-refractivity contribution in [1.29, 1.82) is 0 Å². The second-order valence-electron chi connectivity index (χ2n) is 21.3. The van der Waals surface area contributed by atoms with Crippen LogP contribution in [0, 0.1) is 0 Å². The Morgan fingerprint density at radius 3 is 1.26 bits per heavy atom. The average Bonchev–Trinajstić information content (AvgIpc) is 3.32. The zero-order valence-corrected chi connectivity index (χ0v) is 47.6. The van der Waals surface area contributed by atoms with E-state index in [4.69, 9.17) is 9.05 Å². The quantitative estimate of drug-likeness (QED) is 0.0272. The Morgan fingerprint density at radius 2 is 0.843 bits per heavy atom. The number of nitrogens with one attached hydrogen (secondary N) is 1. The van der Waals surface area contributed by atoms with Gasteiger partial charge >= 0.3 is 0 Å². The van der Waals surface area contributed by atoms with E-state index in [0.29, 0.717) is 17.4 Å². The topological polar surface area (TPSA) is 108 Å². The first kappa shape index (κ1) is 68.2. The predicted molar refractivity (Wildman–Crippen MR) is 302 cm³/mol. The molecule has 0 aliphatic rings. The molecule has 70 heavy (non-hydrogen) atoms. The monoisotopic (exact) mass is 1000 g/mol. The number of hydrogen-bond donors (Lipinski definition) is 2. The number of nitrogens with zero attached hydrogens (tertiary/aromatic N) is 1. The van der Waals surface area contributed by atoms with Gasteiger partial charge in [-0.05, 0) is 70.6 Å². The van der Waals surface area contributed by atoms with Crippen LogP contribution in [0.15, 0.2) is 60.8 Å². The van der Waals surface area contributed by atoms with Crippen LogP contribution >= 0.6 is 7.82 Å². The molecule has 0 spiro atoms. The number of quaternary nitrogens is 1. The molecule has 0 saturated carbocycles. The molecule has 0 aliphatic heterocycles. The lowest BCUT2D eigenvalue weighted by Crippen LogP contribution is -2.45. The van der Waals surface area contributed by atoms with Crippen LogP contribution < -0.4 is 10.2 Å². The summed E-state index contributed by atoms with van der Waals surface area (Å²) in [5, 5.41) is 13.8. The van der Waals surface area contributed by atoms with Gasteiger partial charge in [0.15, 0.2) is 0 Å². The fourth-order valence-electron chi connectivity index (χ4n) is 8.53. The molecule has 0 saturated heterocycles. The number of likely N-dealkylation sites (N-methyl/N-ethyl adjacent to an activating group) is 1. The van der Waals surface area contributed by atoms with E-state index in [-0.39, 0.29) is 12.5 Å². The smallest absolute Gasteiger partial charge is 0.268 e. The van der Waals surface area contributed by atoms with Crippen LogP contribution in [-0.2, 0) is 18.4 Å². The number of carbonyl (C=O) groups is 1. The zero-order valence-electron chi connectivity index (χ0n) is 46.7. The van der Waals surface area contributed by atoms with Crippen LogP contribution in [0.5, 0.6) is 0 Å². The SMILES string of the molecule is CCCCCCC/C=C\C/C=C\C/C=C\CCCCCCCCCCCCCCCCCCCCCCCCC(=O)NC(COP(=O)([O-])OCC[N+](C)(C)C)C(O)/C=C/CC/C=C/CCCCCCC. The number of allylic oxidation sites excluding steroid dienone is 9. The lowest BCUT2D eigenvalue weighted by molar-refractivity contribution is -0.870. The Balaban J connectivity index is 3.91. The Labute approximate surface area is 434 Å². The Bertz CT molecular complexity index is 1320. The van der Waals surface area contributed by atoms with Crippen LogP contribution in [0.4, 0.5) is 0 Å². The van der Waals surface area contributed by atoms with Crippen molar-refractivity contribution in [3.8, 4) is 0 Å². The molecule has 2 N–H and O–H groups in total. The summed E-state index contributed by atoms with van der Waals surface area (Å²) in [4.78, 5) is 25.4. The number of aliphatic hydroxyl groups is 1. The third-order valence-electron chi connectivity index (χ3n) is 13.2. The normalized spacial score (nSPS) is 14.3. The first-order valence-electron chi connectivity index (χ1n) is 29.7. The van der Waals surface area contributed by atoms with E-state index in [0.717, 1.165) is 51.4 Å². The summed E-state index contributed by atoms with van der Waals surface area (Å²) in [6.07, 6.45) is 70.5. The number of phosphoric acid groups is 1. The fraction of sp³-hybridized carbons (Fsp3) is 0.820. The van der Waals surface area contributed by atoms with E-state index in [2.05, 4.69) is 67.8 Å². The van der Waals surface area contributed by atoms with E-state index in [1.165, 1.54) is 199 Å². The Hall–Kier alpha value is -1.80. The molecule has 3 atom stereocenters. The maximum atomic E-state index is 12.9. The number of amides is 1. The van der Waals surface area contributed by atoms with Crippen molar-refractivity contribution in [2.45, 2.75) is 283 Å². The lowest BCUT2D eigenvalue weighted by Gasteiger charge is -2.29. The maximum absolute atomic E-state index is 12.9. The van der Waals surface area contributed by atoms with E-state index in [1.807, 2.05) is 27.2 Å². The predicted octanol–water partition coefficient (Wildman–Crippen LogP) is 17.5. The molecule has 3 unspecified atom stereocenters. The molecule has 0 aromatic heterocycles. The standard InChI is InChI=1S/C61H115N2O6P/c1-6-8-10-12-14-16-18-19-20-21-22-23-24-25-26-27-28-29-30-31-32-33-34-35-36-37-38-39-40-41-42-43-45-47-49-51-53-55-61(65)62-59(58-69-70(66,67)68-57-56-63(3,4)5)60(64)54-52-50-48-46-44-17-15-13-11-9-7-2/h18-19,21-22,24-25,44,46,52,54,59-60,64H,6-17,20,23,26-43,45,47-51,53,55-58H2,1-5H3,(H-,62,65,66,67)/b19-18-,22-21-,25-24-,46-44+,54-52+. The molecule has 0 heterocycles. The molecule has 0 rings (SSSR count). The van der Waals surface area contributed by atoms with Crippen LogP contribution in [-0.4, -0.2) is 68.5 Å². The average molecular weight is 1000 g/mol. The van der Waals surface area contributed by atoms with Gasteiger partial charge in [-0.1, -0.05) is 254 Å². The molecule has 8 nitrogen and oxygen atoms in total. The van der Waals surface area contributed by atoms with Gasteiger partial charge in [-0.25, -0.2) is 0 Å². The van der Waals surface area contributed by atoms with E-state index in [9.17, 15) is 19.4 Å². The van der Waals surface area contributed by atoms with Gasteiger partial charge in [0, 0.05) is 6.42 Å². The number of carbonyl (C=O) groups excluding carboxylic acids is 1. The van der Waals surface area contributed by atoms with E-state index in [1.54, 1.807) is 6.08 Å². The van der Waals surface area contributed by atoms with Gasteiger partial charge in [0.1, 0.15) is 13.2 Å². The maximum Gasteiger partial charge on any atom is 0.268 e. The van der Waals surface area contributed by atoms with Crippen molar-refractivity contribution in [1.82, 2.24) is 5.32 Å². The molecule has 0 fully saturated rings. The minimum absolute atomic E-state index is 0.00646. The molecule has 9 heteroatoms. The van der Waals surface area contributed by atoms with Gasteiger partial charge in [0.25, 0.3) is 7.82 Å². The van der Waals surface area contributed by atoms with Crippen molar-refractivity contribution in [2.75, 3.05) is 40.9 Å². The summed E-state index contributed by atoms with van der Waals surface area (Å²) in [6.45, 7) is 4.60.